The first-order valence-electron chi connectivity index (χ1n) is 16.3. The average molecular weight is 635 g/mol. The first-order valence-corrected chi connectivity index (χ1v) is 16.3. The molecule has 46 heavy (non-hydrogen) atoms. The van der Waals surface area contributed by atoms with Gasteiger partial charge in [-0.25, -0.2) is 4.79 Å². The number of nitrogens with one attached hydrogen (secondary N) is 1. The number of hydrogen-bond acceptors (Lipinski definition) is 7. The minimum atomic E-state index is -0.919. The van der Waals surface area contributed by atoms with E-state index in [1.54, 1.807) is 25.7 Å². The summed E-state index contributed by atoms with van der Waals surface area (Å²) in [7, 11) is 0. The van der Waals surface area contributed by atoms with Crippen molar-refractivity contribution in [2.75, 3.05) is 13.1 Å². The summed E-state index contributed by atoms with van der Waals surface area (Å²) in [5.74, 6) is -0.747. The van der Waals surface area contributed by atoms with E-state index >= 15 is 0 Å². The highest BCUT2D eigenvalue weighted by Crippen LogP contribution is 2.25. The van der Waals surface area contributed by atoms with Gasteiger partial charge in [0, 0.05) is 19.5 Å². The van der Waals surface area contributed by atoms with Crippen LogP contribution in [0, 0.1) is 0 Å². The Morgan fingerprint density at radius 3 is 1.93 bits per heavy atom. The molecular weight excluding hydrogens is 584 g/mol. The van der Waals surface area contributed by atoms with Crippen molar-refractivity contribution in [1.29, 1.82) is 0 Å². The maximum absolute atomic E-state index is 14.0. The Hall–Kier alpha value is -3.92. The van der Waals surface area contributed by atoms with Crippen LogP contribution in [0.3, 0.4) is 0 Å². The van der Waals surface area contributed by atoms with Crippen molar-refractivity contribution in [3.63, 3.8) is 0 Å². The van der Waals surface area contributed by atoms with Crippen molar-refractivity contribution in [3.05, 3.63) is 65.7 Å². The van der Waals surface area contributed by atoms with Crippen molar-refractivity contribution in [1.82, 2.24) is 15.1 Å². The number of hydrogen-bond donors (Lipinski definition) is 2. The van der Waals surface area contributed by atoms with Gasteiger partial charge in [0.2, 0.25) is 17.7 Å². The van der Waals surface area contributed by atoms with Gasteiger partial charge in [0.05, 0.1) is 6.04 Å². The van der Waals surface area contributed by atoms with Gasteiger partial charge >= 0.3 is 5.97 Å². The number of esters is 1. The van der Waals surface area contributed by atoms with Crippen LogP contribution in [-0.4, -0.2) is 81.9 Å². The van der Waals surface area contributed by atoms with Crippen molar-refractivity contribution in [3.8, 4) is 5.75 Å². The number of likely N-dealkylation sites (tertiary alicyclic amines) is 2. The number of carbonyl (C=O) groups excluding carboxylic acids is 4. The van der Waals surface area contributed by atoms with Crippen LogP contribution < -0.4 is 15.8 Å². The molecule has 0 radical (unpaired) electrons. The lowest BCUT2D eigenvalue weighted by Gasteiger charge is -2.32. The fraction of sp³-hybridized carbons (Fsp3) is 0.556. The summed E-state index contributed by atoms with van der Waals surface area (Å²) in [5.41, 5.74) is 7.15. The minimum absolute atomic E-state index is 0.248. The second-order valence-electron chi connectivity index (χ2n) is 14.3. The Morgan fingerprint density at radius 1 is 0.783 bits per heavy atom. The third-order valence-corrected chi connectivity index (χ3v) is 8.07. The van der Waals surface area contributed by atoms with Gasteiger partial charge in [-0.3, -0.25) is 14.4 Å². The molecule has 2 heterocycles. The largest absolute Gasteiger partial charge is 0.488 e. The summed E-state index contributed by atoms with van der Waals surface area (Å²) in [6, 6.07) is 13.7. The van der Waals surface area contributed by atoms with E-state index in [0.29, 0.717) is 45.2 Å². The van der Waals surface area contributed by atoms with Gasteiger partial charge in [0.1, 0.15) is 35.1 Å². The fourth-order valence-electron chi connectivity index (χ4n) is 6.07. The highest BCUT2D eigenvalue weighted by Gasteiger charge is 2.42. The molecule has 250 valence electrons. The summed E-state index contributed by atoms with van der Waals surface area (Å²) >= 11 is 0. The van der Waals surface area contributed by atoms with Gasteiger partial charge in [-0.15, -0.1) is 0 Å². The lowest BCUT2D eigenvalue weighted by Crippen LogP contribution is -2.57. The molecule has 2 aromatic carbocycles. The van der Waals surface area contributed by atoms with Gasteiger partial charge in [0.15, 0.2) is 0 Å². The molecule has 2 fully saturated rings. The molecule has 2 aliphatic rings. The first kappa shape index (κ1) is 34.9. The fourth-order valence-corrected chi connectivity index (χ4v) is 6.07. The second kappa shape index (κ2) is 14.7. The van der Waals surface area contributed by atoms with Gasteiger partial charge in [-0.2, -0.15) is 0 Å². The number of rotatable bonds is 10. The maximum Gasteiger partial charge on any atom is 0.329 e. The Bertz CT molecular complexity index is 1370. The van der Waals surface area contributed by atoms with Crippen LogP contribution in [-0.2, 0) is 36.8 Å². The Balaban J connectivity index is 1.45. The normalized spacial score (nSPS) is 19.8. The van der Waals surface area contributed by atoms with E-state index in [-0.39, 0.29) is 23.8 Å². The summed E-state index contributed by atoms with van der Waals surface area (Å²) in [6.07, 6.45) is 2.85. The minimum Gasteiger partial charge on any atom is -0.488 e. The van der Waals surface area contributed by atoms with Crippen LogP contribution in [0.4, 0.5) is 0 Å². The zero-order valence-corrected chi connectivity index (χ0v) is 28.1. The monoisotopic (exact) mass is 634 g/mol. The molecule has 10 heteroatoms. The number of carbonyl (C=O) groups is 4. The van der Waals surface area contributed by atoms with Crippen molar-refractivity contribution < 1.29 is 28.7 Å². The molecule has 0 unspecified atom stereocenters. The van der Waals surface area contributed by atoms with Gasteiger partial charge in [-0.1, -0.05) is 42.5 Å². The molecule has 2 aliphatic heterocycles. The number of nitrogens with two attached hydrogens (primary N) is 1. The molecule has 3 N–H and O–H groups in total. The van der Waals surface area contributed by atoms with E-state index in [1.165, 1.54) is 4.90 Å². The quantitative estimate of drug-likeness (QED) is 0.381. The lowest BCUT2D eigenvalue weighted by molar-refractivity contribution is -0.163. The number of amides is 3. The van der Waals surface area contributed by atoms with Crippen LogP contribution in [0.15, 0.2) is 54.6 Å². The lowest BCUT2D eigenvalue weighted by atomic mass is 10.0. The van der Waals surface area contributed by atoms with Crippen molar-refractivity contribution in [2.45, 2.75) is 115 Å². The molecule has 3 amide bonds. The van der Waals surface area contributed by atoms with E-state index in [9.17, 15) is 19.2 Å². The Labute approximate surface area is 273 Å². The van der Waals surface area contributed by atoms with Crippen LogP contribution in [0.25, 0.3) is 0 Å². The van der Waals surface area contributed by atoms with Crippen LogP contribution in [0.2, 0.25) is 0 Å². The SMILES string of the molecule is CC(C)(C)OC(=O)[C@@H]1CCCN1C(=O)[C@H](Cc1ccccc1)NC(=O)[C@@H]1CCCN1C(=O)[C@@H](N)Cc1ccc(OC(C)(C)C)cc1. The third-order valence-electron chi connectivity index (χ3n) is 8.07. The predicted octanol–water partition coefficient (Wildman–Crippen LogP) is 3.78. The zero-order valence-electron chi connectivity index (χ0n) is 28.1. The molecule has 10 nitrogen and oxygen atoms in total. The molecule has 0 aromatic heterocycles. The Morgan fingerprint density at radius 2 is 1.35 bits per heavy atom. The third kappa shape index (κ3) is 9.55. The van der Waals surface area contributed by atoms with Crippen molar-refractivity contribution >= 4 is 23.7 Å². The number of nitrogens with zero attached hydrogens (tertiary/aromatic N) is 2. The summed E-state index contributed by atoms with van der Waals surface area (Å²) < 4.78 is 11.5. The molecule has 2 aromatic rings. The van der Waals surface area contributed by atoms with E-state index in [4.69, 9.17) is 15.2 Å². The summed E-state index contributed by atoms with van der Waals surface area (Å²) in [4.78, 5) is 57.4. The molecule has 0 aliphatic carbocycles. The van der Waals surface area contributed by atoms with E-state index < -0.39 is 41.6 Å². The van der Waals surface area contributed by atoms with E-state index in [1.807, 2.05) is 75.4 Å². The first-order chi connectivity index (χ1) is 21.6. The van der Waals surface area contributed by atoms with Gasteiger partial charge in [0.25, 0.3) is 0 Å². The topological polar surface area (TPSA) is 131 Å². The molecule has 0 bridgehead atoms. The van der Waals surface area contributed by atoms with Gasteiger partial charge in [-0.05, 0) is 96.9 Å². The van der Waals surface area contributed by atoms with Gasteiger partial charge < -0.3 is 30.3 Å². The highest BCUT2D eigenvalue weighted by atomic mass is 16.6. The molecule has 2 saturated heterocycles. The second-order valence-corrected chi connectivity index (χ2v) is 14.3. The molecule has 4 rings (SSSR count). The smallest absolute Gasteiger partial charge is 0.329 e. The van der Waals surface area contributed by atoms with Crippen LogP contribution >= 0.6 is 0 Å². The Kier molecular flexibility index (Phi) is 11.1. The predicted molar refractivity (Wildman–Crippen MR) is 176 cm³/mol. The van der Waals surface area contributed by atoms with E-state index in [2.05, 4.69) is 5.32 Å². The number of benzene rings is 2. The van der Waals surface area contributed by atoms with Crippen LogP contribution in [0.5, 0.6) is 5.75 Å². The highest BCUT2D eigenvalue weighted by molar-refractivity contribution is 5.95. The summed E-state index contributed by atoms with van der Waals surface area (Å²) in [5, 5.41) is 2.96. The molecule has 0 spiro atoms. The molecule has 0 saturated carbocycles. The van der Waals surface area contributed by atoms with E-state index in [0.717, 1.165) is 16.9 Å². The molecule has 4 atom stereocenters. The number of ether oxygens (including phenoxy) is 2. The summed E-state index contributed by atoms with van der Waals surface area (Å²) in [6.45, 7) is 12.1. The molecular formula is C36H50N4O6. The van der Waals surface area contributed by atoms with Crippen molar-refractivity contribution in [2.24, 2.45) is 5.73 Å². The standard InChI is InChI=1S/C36H50N4O6/c1-35(2,3)45-26-18-16-25(17-19-26)22-27(37)32(42)39-20-10-14-29(39)31(41)38-28(23-24-12-8-7-9-13-24)33(43)40-21-11-15-30(40)34(44)46-36(4,5)6/h7-9,12-13,16-19,27-30H,10-11,14-15,20-23,37H2,1-6H3,(H,38,41)/t27-,28-,29-,30-/m0/s1. The average Bonchev–Trinajstić information content (AvgIpc) is 3.67. The maximum atomic E-state index is 14.0. The zero-order chi connectivity index (χ0) is 33.6. The van der Waals surface area contributed by atoms with Crippen LogP contribution in [0.1, 0.15) is 78.4 Å².